The molecule has 0 unspecified atom stereocenters. The van der Waals surface area contributed by atoms with Gasteiger partial charge >= 0.3 is 6.03 Å². The van der Waals surface area contributed by atoms with Crippen molar-refractivity contribution in [3.05, 3.63) is 59.7 Å². The minimum atomic E-state index is 0.0144. The van der Waals surface area contributed by atoms with Crippen LogP contribution in [-0.4, -0.2) is 37.1 Å². The predicted molar refractivity (Wildman–Crippen MR) is 109 cm³/mol. The van der Waals surface area contributed by atoms with Crippen LogP contribution in [0.5, 0.6) is 0 Å². The van der Waals surface area contributed by atoms with Gasteiger partial charge in [0.15, 0.2) is 0 Å². The van der Waals surface area contributed by atoms with Gasteiger partial charge in [-0.3, -0.25) is 0 Å². The van der Waals surface area contributed by atoms with E-state index in [1.807, 2.05) is 11.0 Å². The zero-order valence-corrected chi connectivity index (χ0v) is 16.0. The highest BCUT2D eigenvalue weighted by Crippen LogP contribution is 2.28. The Morgan fingerprint density at radius 3 is 2.31 bits per heavy atom. The summed E-state index contributed by atoms with van der Waals surface area (Å²) in [6.07, 6.45) is 0.915. The third kappa shape index (κ3) is 4.01. The highest BCUT2D eigenvalue weighted by Gasteiger charge is 2.22. The highest BCUT2D eigenvalue weighted by molar-refractivity contribution is 5.91. The van der Waals surface area contributed by atoms with Crippen LogP contribution in [0.25, 0.3) is 0 Å². The first-order valence-corrected chi connectivity index (χ1v) is 9.57. The molecule has 1 N–H and O–H groups in total. The molecule has 26 heavy (non-hydrogen) atoms. The van der Waals surface area contributed by atoms with Crippen molar-refractivity contribution in [2.75, 3.05) is 36.4 Å². The molecule has 1 heterocycles. The third-order valence-electron chi connectivity index (χ3n) is 5.11. The molecule has 1 fully saturated rings. The number of carbonyl (C=O) groups is 1. The molecule has 2 aromatic carbocycles. The van der Waals surface area contributed by atoms with Crippen LogP contribution in [0.1, 0.15) is 37.8 Å². The monoisotopic (exact) mass is 351 g/mol. The van der Waals surface area contributed by atoms with Gasteiger partial charge in [-0.05, 0) is 35.6 Å². The summed E-state index contributed by atoms with van der Waals surface area (Å²) in [6.45, 7) is 9.69. The Bertz CT molecular complexity index is 734. The Labute approximate surface area is 156 Å². The number of carbonyl (C=O) groups excluding carboxylic acids is 1. The summed E-state index contributed by atoms with van der Waals surface area (Å²) in [5.41, 5.74) is 4.64. The Kier molecular flexibility index (Phi) is 5.82. The van der Waals surface area contributed by atoms with E-state index in [0.717, 1.165) is 38.3 Å². The maximum Gasteiger partial charge on any atom is 0.321 e. The van der Waals surface area contributed by atoms with E-state index in [0.29, 0.717) is 5.92 Å². The molecule has 0 aliphatic carbocycles. The molecule has 1 aliphatic rings. The summed E-state index contributed by atoms with van der Waals surface area (Å²) >= 11 is 0. The van der Waals surface area contributed by atoms with Crippen molar-refractivity contribution < 1.29 is 4.79 Å². The van der Waals surface area contributed by atoms with Gasteiger partial charge in [0.25, 0.3) is 0 Å². The van der Waals surface area contributed by atoms with Crippen molar-refractivity contribution in [3.63, 3.8) is 0 Å². The molecule has 2 aromatic rings. The van der Waals surface area contributed by atoms with Crippen molar-refractivity contribution in [1.82, 2.24) is 4.90 Å². The smallest absolute Gasteiger partial charge is 0.321 e. The van der Waals surface area contributed by atoms with Gasteiger partial charge in [-0.1, -0.05) is 57.2 Å². The van der Waals surface area contributed by atoms with Crippen LogP contribution in [0.3, 0.4) is 0 Å². The fourth-order valence-electron chi connectivity index (χ4n) is 3.54. The van der Waals surface area contributed by atoms with Crippen LogP contribution in [-0.2, 0) is 6.42 Å². The van der Waals surface area contributed by atoms with Gasteiger partial charge in [-0.2, -0.15) is 0 Å². The van der Waals surface area contributed by atoms with E-state index in [9.17, 15) is 4.79 Å². The average Bonchev–Trinajstić information content (AvgIpc) is 2.68. The second kappa shape index (κ2) is 8.26. The number of urea groups is 1. The highest BCUT2D eigenvalue weighted by atomic mass is 16.2. The lowest BCUT2D eigenvalue weighted by Gasteiger charge is -2.36. The zero-order chi connectivity index (χ0) is 18.5. The predicted octanol–water partition coefficient (Wildman–Crippen LogP) is 4.73. The molecule has 4 nitrogen and oxygen atoms in total. The maximum atomic E-state index is 12.8. The lowest BCUT2D eigenvalue weighted by molar-refractivity contribution is 0.208. The first kappa shape index (κ1) is 18.3. The molecule has 0 spiro atoms. The van der Waals surface area contributed by atoms with E-state index < -0.39 is 0 Å². The van der Waals surface area contributed by atoms with Gasteiger partial charge in [-0.15, -0.1) is 0 Å². The van der Waals surface area contributed by atoms with Crippen molar-refractivity contribution in [2.45, 2.75) is 33.1 Å². The quantitative estimate of drug-likeness (QED) is 0.864. The van der Waals surface area contributed by atoms with Crippen LogP contribution in [0, 0.1) is 0 Å². The van der Waals surface area contributed by atoms with Crippen molar-refractivity contribution >= 4 is 17.4 Å². The summed E-state index contributed by atoms with van der Waals surface area (Å²) in [7, 11) is 0. The van der Waals surface area contributed by atoms with E-state index in [2.05, 4.69) is 73.5 Å². The Morgan fingerprint density at radius 1 is 1.00 bits per heavy atom. The lowest BCUT2D eigenvalue weighted by atomic mass is 9.96. The molecule has 0 saturated carbocycles. The number of nitrogens with one attached hydrogen (secondary N) is 1. The number of piperazine rings is 1. The topological polar surface area (TPSA) is 35.6 Å². The van der Waals surface area contributed by atoms with Crippen molar-refractivity contribution in [1.29, 1.82) is 0 Å². The molecule has 2 amide bonds. The third-order valence-corrected chi connectivity index (χ3v) is 5.11. The van der Waals surface area contributed by atoms with Gasteiger partial charge in [-0.25, -0.2) is 4.79 Å². The largest absolute Gasteiger partial charge is 0.368 e. The number of benzene rings is 2. The molecule has 138 valence electrons. The average molecular weight is 351 g/mol. The van der Waals surface area contributed by atoms with E-state index in [4.69, 9.17) is 0 Å². The van der Waals surface area contributed by atoms with Crippen LogP contribution in [0.4, 0.5) is 16.2 Å². The van der Waals surface area contributed by atoms with Gasteiger partial charge in [0, 0.05) is 37.6 Å². The SMILES string of the molecule is CCc1cccc(C(C)C)c1NC(=O)N1CCN(c2ccccc2)CC1. The van der Waals surface area contributed by atoms with Gasteiger partial charge in [0.2, 0.25) is 0 Å². The number of aryl methyl sites for hydroxylation is 1. The number of rotatable bonds is 4. The summed E-state index contributed by atoms with van der Waals surface area (Å²) in [5.74, 6) is 0.381. The second-order valence-corrected chi connectivity index (χ2v) is 7.13. The molecular formula is C22H29N3O. The molecule has 4 heteroatoms. The molecule has 0 radical (unpaired) electrons. The maximum absolute atomic E-state index is 12.8. The zero-order valence-electron chi connectivity index (χ0n) is 16.0. The molecule has 1 saturated heterocycles. The number of hydrogen-bond donors (Lipinski definition) is 1. The molecule has 1 aliphatic heterocycles. The normalized spacial score (nSPS) is 14.6. The van der Waals surface area contributed by atoms with Crippen molar-refractivity contribution in [3.8, 4) is 0 Å². The van der Waals surface area contributed by atoms with Gasteiger partial charge in [0.1, 0.15) is 0 Å². The Balaban J connectivity index is 1.67. The Hall–Kier alpha value is -2.49. The molecule has 3 rings (SSSR count). The van der Waals surface area contributed by atoms with Gasteiger partial charge in [0.05, 0.1) is 0 Å². The fraction of sp³-hybridized carbons (Fsp3) is 0.409. The summed E-state index contributed by atoms with van der Waals surface area (Å²) in [4.78, 5) is 17.1. The van der Waals surface area contributed by atoms with E-state index >= 15 is 0 Å². The first-order chi connectivity index (χ1) is 12.6. The summed E-state index contributed by atoms with van der Waals surface area (Å²) in [5, 5.41) is 3.20. The molecule has 0 atom stereocenters. The number of hydrogen-bond acceptors (Lipinski definition) is 2. The number of nitrogens with zero attached hydrogens (tertiary/aromatic N) is 2. The van der Waals surface area contributed by atoms with Crippen LogP contribution in [0.2, 0.25) is 0 Å². The molecule has 0 aromatic heterocycles. The van der Waals surface area contributed by atoms with E-state index in [1.54, 1.807) is 0 Å². The second-order valence-electron chi connectivity index (χ2n) is 7.13. The minimum absolute atomic E-state index is 0.0144. The Morgan fingerprint density at radius 2 is 1.69 bits per heavy atom. The van der Waals surface area contributed by atoms with E-state index in [-0.39, 0.29) is 6.03 Å². The summed E-state index contributed by atoms with van der Waals surface area (Å²) < 4.78 is 0. The van der Waals surface area contributed by atoms with E-state index in [1.165, 1.54) is 16.8 Å². The minimum Gasteiger partial charge on any atom is -0.368 e. The van der Waals surface area contributed by atoms with Gasteiger partial charge < -0.3 is 15.1 Å². The standard InChI is InChI=1S/C22H29N3O/c1-4-18-9-8-12-20(17(2)3)21(18)23-22(26)25-15-13-24(14-16-25)19-10-6-5-7-11-19/h5-12,17H,4,13-16H2,1-3H3,(H,23,26). The number of amides is 2. The lowest BCUT2D eigenvalue weighted by Crippen LogP contribution is -2.50. The number of para-hydroxylation sites is 2. The van der Waals surface area contributed by atoms with Crippen molar-refractivity contribution in [2.24, 2.45) is 0 Å². The van der Waals surface area contributed by atoms with Crippen LogP contribution >= 0.6 is 0 Å². The molecular weight excluding hydrogens is 322 g/mol. The van der Waals surface area contributed by atoms with Crippen LogP contribution < -0.4 is 10.2 Å². The fourth-order valence-corrected chi connectivity index (χ4v) is 3.54. The van der Waals surface area contributed by atoms with Crippen LogP contribution in [0.15, 0.2) is 48.5 Å². The molecule has 0 bridgehead atoms. The number of anilines is 2. The first-order valence-electron chi connectivity index (χ1n) is 9.57. The summed E-state index contributed by atoms with van der Waals surface area (Å²) in [6, 6.07) is 16.7.